The van der Waals surface area contributed by atoms with Gasteiger partial charge in [0.05, 0.1) is 0 Å². The van der Waals surface area contributed by atoms with Crippen molar-refractivity contribution >= 4 is 17.5 Å². The summed E-state index contributed by atoms with van der Waals surface area (Å²) in [6, 6.07) is 10.6. The summed E-state index contributed by atoms with van der Waals surface area (Å²) in [5.41, 5.74) is 2.07. The molecule has 0 aliphatic carbocycles. The van der Waals surface area contributed by atoms with Crippen LogP contribution in [0.3, 0.4) is 0 Å². The van der Waals surface area contributed by atoms with E-state index in [4.69, 9.17) is 0 Å². The first-order valence-electron chi connectivity index (χ1n) is 9.82. The molecule has 2 amide bonds. The van der Waals surface area contributed by atoms with Crippen LogP contribution in [0.4, 0.5) is 5.69 Å². The highest BCUT2D eigenvalue weighted by molar-refractivity contribution is 5.96. The van der Waals surface area contributed by atoms with E-state index in [2.05, 4.69) is 12.2 Å². The molecule has 1 atom stereocenters. The fourth-order valence-corrected chi connectivity index (χ4v) is 3.58. The normalized spacial score (nSPS) is 16.6. The quantitative estimate of drug-likeness (QED) is 0.865. The largest absolute Gasteiger partial charge is 0.336 e. The molecule has 0 saturated carbocycles. The standard InChI is InChI=1S/C22H27N3O3/c1-16-15-18(22(28)25-13-6-3-7-17(25)2)9-10-19(16)23-20(26)11-14-24-12-5-4-8-21(24)27/h4-5,8-10,12,15,17H,3,6-7,11,13-14H2,1-2H3,(H,23,26). The first-order valence-corrected chi connectivity index (χ1v) is 9.82. The number of amides is 2. The van der Waals surface area contributed by atoms with Crippen LogP contribution in [0.2, 0.25) is 0 Å². The van der Waals surface area contributed by atoms with Crippen LogP contribution in [0.1, 0.15) is 48.5 Å². The minimum atomic E-state index is -0.164. The van der Waals surface area contributed by atoms with Crippen LogP contribution in [-0.4, -0.2) is 33.9 Å². The fourth-order valence-electron chi connectivity index (χ4n) is 3.58. The molecule has 0 radical (unpaired) electrons. The van der Waals surface area contributed by atoms with Gasteiger partial charge in [0, 0.05) is 49.1 Å². The number of likely N-dealkylation sites (tertiary alicyclic amines) is 1. The zero-order valence-corrected chi connectivity index (χ0v) is 16.5. The topological polar surface area (TPSA) is 71.4 Å². The number of nitrogens with zero attached hydrogens (tertiary/aromatic N) is 2. The van der Waals surface area contributed by atoms with Crippen LogP contribution in [-0.2, 0) is 11.3 Å². The highest BCUT2D eigenvalue weighted by atomic mass is 16.2. The van der Waals surface area contributed by atoms with Crippen LogP contribution < -0.4 is 10.9 Å². The van der Waals surface area contributed by atoms with E-state index in [-0.39, 0.29) is 29.8 Å². The molecule has 1 N–H and O–H groups in total. The third kappa shape index (κ3) is 4.68. The lowest BCUT2D eigenvalue weighted by molar-refractivity contribution is -0.116. The van der Waals surface area contributed by atoms with Crippen molar-refractivity contribution in [1.82, 2.24) is 9.47 Å². The molecule has 1 aromatic heterocycles. The summed E-state index contributed by atoms with van der Waals surface area (Å²) in [4.78, 5) is 38.7. The Labute approximate surface area is 165 Å². The van der Waals surface area contributed by atoms with Crippen molar-refractivity contribution in [3.05, 3.63) is 64.1 Å². The Morgan fingerprint density at radius 3 is 2.71 bits per heavy atom. The van der Waals surface area contributed by atoms with E-state index < -0.39 is 0 Å². The van der Waals surface area contributed by atoms with Gasteiger partial charge in [-0.2, -0.15) is 0 Å². The Balaban J connectivity index is 1.62. The van der Waals surface area contributed by atoms with Crippen LogP contribution >= 0.6 is 0 Å². The lowest BCUT2D eigenvalue weighted by Crippen LogP contribution is -2.42. The average molecular weight is 381 g/mol. The number of piperidine rings is 1. The molecule has 1 fully saturated rings. The van der Waals surface area contributed by atoms with Gasteiger partial charge < -0.3 is 14.8 Å². The predicted octanol–water partition coefficient (Wildman–Crippen LogP) is 3.20. The van der Waals surface area contributed by atoms with Gasteiger partial charge >= 0.3 is 0 Å². The number of rotatable bonds is 5. The van der Waals surface area contributed by atoms with Crippen LogP contribution in [0.25, 0.3) is 0 Å². The van der Waals surface area contributed by atoms with Crippen molar-refractivity contribution in [2.24, 2.45) is 0 Å². The van der Waals surface area contributed by atoms with Gasteiger partial charge in [0.15, 0.2) is 0 Å². The van der Waals surface area contributed by atoms with E-state index in [1.165, 1.54) is 17.1 Å². The summed E-state index contributed by atoms with van der Waals surface area (Å²) in [5.74, 6) is -0.112. The maximum atomic E-state index is 12.8. The Hall–Kier alpha value is -2.89. The molecule has 6 nitrogen and oxygen atoms in total. The molecule has 1 aromatic carbocycles. The third-order valence-electron chi connectivity index (χ3n) is 5.29. The van der Waals surface area contributed by atoms with Crippen molar-refractivity contribution in [2.75, 3.05) is 11.9 Å². The van der Waals surface area contributed by atoms with E-state index >= 15 is 0 Å². The smallest absolute Gasteiger partial charge is 0.254 e. The molecule has 0 spiro atoms. The van der Waals surface area contributed by atoms with Gasteiger partial charge in [-0.05, 0) is 62.9 Å². The zero-order valence-electron chi connectivity index (χ0n) is 16.5. The molecular formula is C22H27N3O3. The first-order chi connectivity index (χ1) is 13.5. The number of aromatic nitrogens is 1. The first kappa shape index (κ1) is 19.9. The number of hydrogen-bond acceptors (Lipinski definition) is 3. The molecule has 2 heterocycles. The van der Waals surface area contributed by atoms with Gasteiger partial charge in [0.2, 0.25) is 5.91 Å². The van der Waals surface area contributed by atoms with E-state index in [0.29, 0.717) is 17.8 Å². The number of benzene rings is 1. The molecule has 2 aromatic rings. The van der Waals surface area contributed by atoms with Gasteiger partial charge in [0.25, 0.3) is 11.5 Å². The van der Waals surface area contributed by atoms with Crippen molar-refractivity contribution < 1.29 is 9.59 Å². The molecule has 1 unspecified atom stereocenters. The highest BCUT2D eigenvalue weighted by Gasteiger charge is 2.24. The summed E-state index contributed by atoms with van der Waals surface area (Å²) < 4.78 is 1.51. The number of hydrogen-bond donors (Lipinski definition) is 1. The van der Waals surface area contributed by atoms with Crippen molar-refractivity contribution in [1.29, 1.82) is 0 Å². The van der Waals surface area contributed by atoms with Gasteiger partial charge in [-0.15, -0.1) is 0 Å². The number of carbonyl (C=O) groups excluding carboxylic acids is 2. The SMILES string of the molecule is Cc1cc(C(=O)N2CCCCC2C)ccc1NC(=O)CCn1ccccc1=O. The molecule has 0 bridgehead atoms. The van der Waals surface area contributed by atoms with Gasteiger partial charge in [-0.1, -0.05) is 6.07 Å². The van der Waals surface area contributed by atoms with E-state index in [9.17, 15) is 14.4 Å². The van der Waals surface area contributed by atoms with Crippen LogP contribution in [0.15, 0.2) is 47.4 Å². The number of nitrogens with one attached hydrogen (secondary N) is 1. The zero-order chi connectivity index (χ0) is 20.1. The minimum absolute atomic E-state index is 0.0524. The second-order valence-electron chi connectivity index (χ2n) is 7.40. The number of carbonyl (C=O) groups is 2. The minimum Gasteiger partial charge on any atom is -0.336 e. The molecular weight excluding hydrogens is 354 g/mol. The summed E-state index contributed by atoms with van der Waals surface area (Å²) in [6.07, 6.45) is 5.14. The Morgan fingerprint density at radius 2 is 2.00 bits per heavy atom. The van der Waals surface area contributed by atoms with Gasteiger partial charge in [0.1, 0.15) is 0 Å². The molecule has 6 heteroatoms. The van der Waals surface area contributed by atoms with E-state index in [1.807, 2.05) is 17.9 Å². The van der Waals surface area contributed by atoms with Crippen LogP contribution in [0, 0.1) is 6.92 Å². The summed E-state index contributed by atoms with van der Waals surface area (Å²) in [5, 5.41) is 2.88. The average Bonchev–Trinajstić information content (AvgIpc) is 2.69. The molecule has 3 rings (SSSR count). The van der Waals surface area contributed by atoms with Crippen molar-refractivity contribution in [2.45, 2.75) is 52.1 Å². The molecule has 1 aliphatic heterocycles. The third-order valence-corrected chi connectivity index (χ3v) is 5.29. The van der Waals surface area contributed by atoms with Gasteiger partial charge in [-0.25, -0.2) is 0 Å². The summed E-state index contributed by atoms with van der Waals surface area (Å²) in [7, 11) is 0. The maximum Gasteiger partial charge on any atom is 0.254 e. The maximum absolute atomic E-state index is 12.8. The molecule has 148 valence electrons. The highest BCUT2D eigenvalue weighted by Crippen LogP contribution is 2.22. The van der Waals surface area contributed by atoms with E-state index in [0.717, 1.165) is 24.9 Å². The predicted molar refractivity (Wildman–Crippen MR) is 109 cm³/mol. The molecule has 1 saturated heterocycles. The second kappa shape index (κ2) is 8.87. The Kier molecular flexibility index (Phi) is 6.29. The van der Waals surface area contributed by atoms with Crippen LogP contribution in [0.5, 0.6) is 0 Å². The number of aryl methyl sites for hydroxylation is 2. The monoisotopic (exact) mass is 381 g/mol. The summed E-state index contributed by atoms with van der Waals surface area (Å²) in [6.45, 7) is 5.11. The number of pyridine rings is 1. The lowest BCUT2D eigenvalue weighted by Gasteiger charge is -2.33. The van der Waals surface area contributed by atoms with Crippen molar-refractivity contribution in [3.63, 3.8) is 0 Å². The number of anilines is 1. The Bertz CT molecular complexity index is 919. The second-order valence-corrected chi connectivity index (χ2v) is 7.40. The molecule has 1 aliphatic rings. The van der Waals surface area contributed by atoms with Crippen molar-refractivity contribution in [3.8, 4) is 0 Å². The molecule has 28 heavy (non-hydrogen) atoms. The fraction of sp³-hybridized carbons (Fsp3) is 0.409. The van der Waals surface area contributed by atoms with E-state index in [1.54, 1.807) is 30.5 Å². The summed E-state index contributed by atoms with van der Waals surface area (Å²) >= 11 is 0. The Morgan fingerprint density at radius 1 is 1.18 bits per heavy atom. The lowest BCUT2D eigenvalue weighted by atomic mass is 10.0. The van der Waals surface area contributed by atoms with Gasteiger partial charge in [-0.3, -0.25) is 14.4 Å².